The number of sulfonamides is 1. The van der Waals surface area contributed by atoms with E-state index < -0.39 is 15.9 Å². The van der Waals surface area contributed by atoms with Crippen LogP contribution in [0, 0.1) is 6.92 Å². The number of fused-ring (bicyclic) bond motifs is 1. The predicted octanol–water partition coefficient (Wildman–Crippen LogP) is 4.49. The Bertz CT molecular complexity index is 1500. The van der Waals surface area contributed by atoms with Gasteiger partial charge in [-0.05, 0) is 50.2 Å². The second-order valence-corrected chi connectivity index (χ2v) is 10.1. The Kier molecular flexibility index (Phi) is 6.35. The molecule has 0 radical (unpaired) electrons. The summed E-state index contributed by atoms with van der Waals surface area (Å²) in [5.41, 5.74) is 2.14. The smallest absolute Gasteiger partial charge is 0.281 e. The number of anilines is 1. The van der Waals surface area contributed by atoms with E-state index in [1.54, 1.807) is 36.4 Å². The van der Waals surface area contributed by atoms with Gasteiger partial charge >= 0.3 is 0 Å². The Labute approximate surface area is 196 Å². The predicted molar refractivity (Wildman–Crippen MR) is 130 cm³/mol. The molecule has 0 unspecified atom stereocenters. The molecule has 1 heterocycles. The van der Waals surface area contributed by atoms with Gasteiger partial charge < -0.3 is 9.30 Å². The van der Waals surface area contributed by atoms with Crippen molar-refractivity contribution in [3.63, 3.8) is 0 Å². The van der Waals surface area contributed by atoms with Gasteiger partial charge in [-0.2, -0.15) is 4.99 Å². The van der Waals surface area contributed by atoms with Gasteiger partial charge in [0.05, 0.1) is 27.5 Å². The van der Waals surface area contributed by atoms with Crippen molar-refractivity contribution in [3.8, 4) is 5.75 Å². The summed E-state index contributed by atoms with van der Waals surface area (Å²) in [5, 5.41) is 0. The molecule has 0 fully saturated rings. The molecule has 0 aliphatic carbocycles. The highest BCUT2D eigenvalue weighted by Crippen LogP contribution is 2.27. The Hall–Kier alpha value is -3.43. The van der Waals surface area contributed by atoms with Crippen molar-refractivity contribution in [2.45, 2.75) is 18.7 Å². The summed E-state index contributed by atoms with van der Waals surface area (Å²) >= 11 is 1.36. The van der Waals surface area contributed by atoms with E-state index in [2.05, 4.69) is 9.71 Å². The maximum atomic E-state index is 13.1. The summed E-state index contributed by atoms with van der Waals surface area (Å²) in [4.78, 5) is 18.0. The lowest BCUT2D eigenvalue weighted by Gasteiger charge is -2.11. The van der Waals surface area contributed by atoms with E-state index in [4.69, 9.17) is 4.74 Å². The molecular formula is C24H23N3O4S2. The molecule has 33 heavy (non-hydrogen) atoms. The molecule has 0 atom stereocenters. The molecular weight excluding hydrogens is 458 g/mol. The van der Waals surface area contributed by atoms with Crippen molar-refractivity contribution in [1.29, 1.82) is 0 Å². The van der Waals surface area contributed by atoms with Crippen LogP contribution in [0.4, 0.5) is 5.69 Å². The number of hydrogen-bond acceptors (Lipinski definition) is 5. The Morgan fingerprint density at radius 3 is 2.52 bits per heavy atom. The number of thiazole rings is 1. The highest BCUT2D eigenvalue weighted by molar-refractivity contribution is 7.92. The second kappa shape index (κ2) is 9.21. The van der Waals surface area contributed by atoms with Crippen molar-refractivity contribution >= 4 is 43.2 Å². The van der Waals surface area contributed by atoms with Crippen LogP contribution >= 0.6 is 11.3 Å². The first-order valence-corrected chi connectivity index (χ1v) is 12.6. The summed E-state index contributed by atoms with van der Waals surface area (Å²) in [6, 6.07) is 18.6. The summed E-state index contributed by atoms with van der Waals surface area (Å²) in [6.07, 6.45) is 0. The molecule has 170 valence electrons. The topological polar surface area (TPSA) is 89.8 Å². The number of carbonyl (C=O) groups excluding carboxylic acids is 1. The van der Waals surface area contributed by atoms with Crippen LogP contribution in [0.15, 0.2) is 76.6 Å². The number of nitrogens with zero attached hydrogens (tertiary/aromatic N) is 2. The van der Waals surface area contributed by atoms with E-state index in [-0.39, 0.29) is 16.1 Å². The quantitative estimate of drug-likeness (QED) is 0.439. The lowest BCUT2D eigenvalue weighted by atomic mass is 10.2. The minimum atomic E-state index is -3.86. The van der Waals surface area contributed by atoms with Gasteiger partial charge in [0.15, 0.2) is 4.80 Å². The molecule has 0 aliphatic heterocycles. The van der Waals surface area contributed by atoms with Crippen LogP contribution in [-0.4, -0.2) is 25.5 Å². The van der Waals surface area contributed by atoms with Gasteiger partial charge in [-0.1, -0.05) is 47.2 Å². The molecule has 1 amide bonds. The number of nitrogens with one attached hydrogen (secondary N) is 1. The van der Waals surface area contributed by atoms with Crippen LogP contribution < -0.4 is 14.3 Å². The molecule has 0 saturated heterocycles. The first-order valence-electron chi connectivity index (χ1n) is 10.3. The molecule has 1 aromatic heterocycles. The van der Waals surface area contributed by atoms with Crippen LogP contribution in [0.3, 0.4) is 0 Å². The van der Waals surface area contributed by atoms with Gasteiger partial charge in [0, 0.05) is 7.05 Å². The fourth-order valence-corrected chi connectivity index (χ4v) is 5.49. The number of amides is 1. The fourth-order valence-electron chi connectivity index (χ4n) is 3.37. The molecule has 7 nitrogen and oxygen atoms in total. The zero-order valence-corrected chi connectivity index (χ0v) is 20.0. The van der Waals surface area contributed by atoms with Crippen LogP contribution in [0.1, 0.15) is 22.8 Å². The average molecular weight is 482 g/mol. The van der Waals surface area contributed by atoms with E-state index >= 15 is 0 Å². The lowest BCUT2D eigenvalue weighted by Crippen LogP contribution is -2.17. The van der Waals surface area contributed by atoms with Gasteiger partial charge in [-0.25, -0.2) is 8.42 Å². The Morgan fingerprint density at radius 2 is 1.79 bits per heavy atom. The molecule has 4 aromatic rings. The first-order chi connectivity index (χ1) is 15.8. The number of rotatable bonds is 6. The minimum absolute atomic E-state index is 0.117. The summed E-state index contributed by atoms with van der Waals surface area (Å²) in [5.74, 6) is 0.172. The SMILES string of the molecule is CCOc1cccc2sc(=NC(=O)c3ccccc3NS(=O)(=O)c3ccc(C)cc3)n(C)c12. The van der Waals surface area contributed by atoms with Gasteiger partial charge in [0.2, 0.25) is 0 Å². The first kappa shape index (κ1) is 22.8. The zero-order chi connectivity index (χ0) is 23.6. The molecule has 0 aliphatic rings. The van der Waals surface area contributed by atoms with E-state index in [9.17, 15) is 13.2 Å². The van der Waals surface area contributed by atoms with Crippen LogP contribution in [0.2, 0.25) is 0 Å². The number of carbonyl (C=O) groups is 1. The van der Waals surface area contributed by atoms with Gasteiger partial charge in [0.1, 0.15) is 11.3 Å². The fraction of sp³-hybridized carbons (Fsp3) is 0.167. The second-order valence-electron chi connectivity index (χ2n) is 7.36. The number of ether oxygens (including phenoxy) is 1. The standard InChI is InChI=1S/C24H23N3O4S2/c1-4-31-20-10-7-11-21-22(20)27(3)24(32-21)25-23(28)18-8-5-6-9-19(18)26-33(29,30)17-14-12-16(2)13-15-17/h5-15,26H,4H2,1-3H3. The minimum Gasteiger partial charge on any atom is -0.492 e. The van der Waals surface area contributed by atoms with E-state index in [1.165, 1.54) is 23.5 Å². The third-order valence-electron chi connectivity index (χ3n) is 5.02. The van der Waals surface area contributed by atoms with Crippen LogP contribution in [0.25, 0.3) is 10.2 Å². The highest BCUT2D eigenvalue weighted by atomic mass is 32.2. The maximum Gasteiger partial charge on any atom is 0.281 e. The Morgan fingerprint density at radius 1 is 1.06 bits per heavy atom. The monoisotopic (exact) mass is 481 g/mol. The lowest BCUT2D eigenvalue weighted by molar-refractivity contribution is 0.0998. The van der Waals surface area contributed by atoms with Crippen molar-refractivity contribution in [3.05, 3.63) is 82.7 Å². The van der Waals surface area contributed by atoms with Gasteiger partial charge in [0.25, 0.3) is 15.9 Å². The third kappa shape index (κ3) is 4.69. The van der Waals surface area contributed by atoms with E-state index in [0.29, 0.717) is 17.2 Å². The maximum absolute atomic E-state index is 13.1. The van der Waals surface area contributed by atoms with Gasteiger partial charge in [-0.15, -0.1) is 0 Å². The van der Waals surface area contributed by atoms with E-state index in [1.807, 2.05) is 43.7 Å². The normalized spacial score (nSPS) is 12.2. The average Bonchev–Trinajstić information content (AvgIpc) is 3.10. The molecule has 0 bridgehead atoms. The molecule has 9 heteroatoms. The van der Waals surface area contributed by atoms with Crippen LogP contribution in [0.5, 0.6) is 5.75 Å². The molecule has 0 saturated carbocycles. The summed E-state index contributed by atoms with van der Waals surface area (Å²) in [7, 11) is -2.04. The van der Waals surface area contributed by atoms with Gasteiger partial charge in [-0.3, -0.25) is 9.52 Å². The van der Waals surface area contributed by atoms with Crippen molar-refractivity contribution in [1.82, 2.24) is 4.57 Å². The largest absolute Gasteiger partial charge is 0.492 e. The molecule has 4 rings (SSSR count). The van der Waals surface area contributed by atoms with Crippen molar-refractivity contribution in [2.75, 3.05) is 11.3 Å². The molecule has 0 spiro atoms. The number of hydrogen-bond donors (Lipinski definition) is 1. The van der Waals surface area contributed by atoms with Crippen LogP contribution in [-0.2, 0) is 17.1 Å². The molecule has 3 aromatic carbocycles. The van der Waals surface area contributed by atoms with Crippen molar-refractivity contribution in [2.24, 2.45) is 12.0 Å². The molecule has 1 N–H and O–H groups in total. The third-order valence-corrected chi connectivity index (χ3v) is 7.49. The Balaban J connectivity index is 1.72. The number of aromatic nitrogens is 1. The summed E-state index contributed by atoms with van der Waals surface area (Å²) < 4.78 is 36.7. The number of benzene rings is 3. The number of aryl methyl sites for hydroxylation is 2. The number of para-hydroxylation sites is 2. The van der Waals surface area contributed by atoms with E-state index in [0.717, 1.165) is 15.8 Å². The zero-order valence-electron chi connectivity index (χ0n) is 18.4. The van der Waals surface area contributed by atoms with Crippen molar-refractivity contribution < 1.29 is 17.9 Å². The summed E-state index contributed by atoms with van der Waals surface area (Å²) in [6.45, 7) is 4.31. The highest BCUT2D eigenvalue weighted by Gasteiger charge is 2.19.